The molecule has 0 atom stereocenters. The quantitative estimate of drug-likeness (QED) is 0.767. The number of hydrogen-bond acceptors (Lipinski definition) is 3. The summed E-state index contributed by atoms with van der Waals surface area (Å²) in [6, 6.07) is 16.1. The van der Waals surface area contributed by atoms with Crippen molar-refractivity contribution >= 4 is 23.3 Å². The third-order valence-corrected chi connectivity index (χ3v) is 3.33. The number of anilines is 2. The van der Waals surface area contributed by atoms with Crippen LogP contribution in [0.4, 0.5) is 15.9 Å². The summed E-state index contributed by atoms with van der Waals surface area (Å²) in [5.41, 5.74) is 1.10. The highest BCUT2D eigenvalue weighted by Gasteiger charge is 2.16. The van der Waals surface area contributed by atoms with Crippen molar-refractivity contribution in [2.75, 3.05) is 10.6 Å². The van der Waals surface area contributed by atoms with Gasteiger partial charge in [0, 0.05) is 18.7 Å². The highest BCUT2D eigenvalue weighted by molar-refractivity contribution is 6.04. The normalized spacial score (nSPS) is 10.3. The number of halogens is 1. The number of para-hydroxylation sites is 1. The number of carbonyl (C=O) groups excluding carboxylic acids is 2. The number of amides is 2. The SMILES string of the molecule is CC(=O)Nc1cc(C(=O)Nc2cccc(F)c2)nn1-c1ccccc1. The first kappa shape index (κ1) is 16.4. The summed E-state index contributed by atoms with van der Waals surface area (Å²) >= 11 is 0. The lowest BCUT2D eigenvalue weighted by Gasteiger charge is -2.06. The van der Waals surface area contributed by atoms with E-state index in [4.69, 9.17) is 0 Å². The van der Waals surface area contributed by atoms with E-state index in [1.807, 2.05) is 18.2 Å². The zero-order valence-corrected chi connectivity index (χ0v) is 13.4. The van der Waals surface area contributed by atoms with Gasteiger partial charge in [0.25, 0.3) is 5.91 Å². The summed E-state index contributed by atoms with van der Waals surface area (Å²) in [5, 5.41) is 9.47. The van der Waals surface area contributed by atoms with Crippen LogP contribution in [-0.2, 0) is 4.79 Å². The van der Waals surface area contributed by atoms with Crippen LogP contribution in [-0.4, -0.2) is 21.6 Å². The zero-order chi connectivity index (χ0) is 17.8. The predicted octanol–water partition coefficient (Wildman–Crippen LogP) is 3.22. The van der Waals surface area contributed by atoms with Crippen LogP contribution in [0.5, 0.6) is 0 Å². The lowest BCUT2D eigenvalue weighted by atomic mass is 10.3. The molecular weight excluding hydrogens is 323 g/mol. The highest BCUT2D eigenvalue weighted by atomic mass is 19.1. The molecule has 0 bridgehead atoms. The molecule has 0 fully saturated rings. The van der Waals surface area contributed by atoms with Crippen LogP contribution >= 0.6 is 0 Å². The summed E-state index contributed by atoms with van der Waals surface area (Å²) in [6.45, 7) is 1.37. The fourth-order valence-corrected chi connectivity index (χ4v) is 2.29. The highest BCUT2D eigenvalue weighted by Crippen LogP contribution is 2.18. The molecule has 0 unspecified atom stereocenters. The Labute approximate surface area is 143 Å². The van der Waals surface area contributed by atoms with Crippen molar-refractivity contribution in [1.29, 1.82) is 0 Å². The first-order chi connectivity index (χ1) is 12.0. The fraction of sp³-hybridized carbons (Fsp3) is 0.0556. The van der Waals surface area contributed by atoms with Gasteiger partial charge in [-0.15, -0.1) is 0 Å². The molecule has 3 aromatic rings. The molecule has 2 aromatic carbocycles. The van der Waals surface area contributed by atoms with Crippen molar-refractivity contribution < 1.29 is 14.0 Å². The monoisotopic (exact) mass is 338 g/mol. The first-order valence-electron chi connectivity index (χ1n) is 7.53. The van der Waals surface area contributed by atoms with Gasteiger partial charge in [-0.1, -0.05) is 24.3 Å². The molecule has 0 radical (unpaired) electrons. The topological polar surface area (TPSA) is 76.0 Å². The third-order valence-electron chi connectivity index (χ3n) is 3.33. The number of nitrogens with zero attached hydrogens (tertiary/aromatic N) is 2. The molecule has 0 saturated carbocycles. The van der Waals surface area contributed by atoms with E-state index < -0.39 is 11.7 Å². The van der Waals surface area contributed by atoms with E-state index in [1.165, 1.54) is 35.9 Å². The molecule has 0 spiro atoms. The molecule has 6 nitrogen and oxygen atoms in total. The molecule has 3 rings (SSSR count). The second-order valence-corrected chi connectivity index (χ2v) is 5.31. The fourth-order valence-electron chi connectivity index (χ4n) is 2.29. The van der Waals surface area contributed by atoms with Crippen LogP contribution in [0.15, 0.2) is 60.7 Å². The Hall–Kier alpha value is -3.48. The molecule has 1 aromatic heterocycles. The maximum atomic E-state index is 13.2. The van der Waals surface area contributed by atoms with E-state index in [-0.39, 0.29) is 11.6 Å². The van der Waals surface area contributed by atoms with Crippen molar-refractivity contribution in [2.24, 2.45) is 0 Å². The number of carbonyl (C=O) groups is 2. The molecule has 0 aliphatic rings. The van der Waals surface area contributed by atoms with Crippen LogP contribution in [0.3, 0.4) is 0 Å². The predicted molar refractivity (Wildman–Crippen MR) is 92.2 cm³/mol. The van der Waals surface area contributed by atoms with Gasteiger partial charge in [-0.3, -0.25) is 9.59 Å². The van der Waals surface area contributed by atoms with E-state index in [0.717, 1.165) is 0 Å². The molecule has 7 heteroatoms. The van der Waals surface area contributed by atoms with Gasteiger partial charge in [0.15, 0.2) is 5.69 Å². The Morgan fingerprint density at radius 1 is 1.00 bits per heavy atom. The lowest BCUT2D eigenvalue weighted by molar-refractivity contribution is -0.114. The Morgan fingerprint density at radius 2 is 1.76 bits per heavy atom. The Kier molecular flexibility index (Phi) is 4.56. The summed E-state index contributed by atoms with van der Waals surface area (Å²) in [6.07, 6.45) is 0. The molecular formula is C18H15FN4O2. The summed E-state index contributed by atoms with van der Waals surface area (Å²) < 4.78 is 14.7. The minimum Gasteiger partial charge on any atom is -0.320 e. The molecule has 126 valence electrons. The zero-order valence-electron chi connectivity index (χ0n) is 13.4. The van der Waals surface area contributed by atoms with Crippen LogP contribution in [0.25, 0.3) is 5.69 Å². The second kappa shape index (κ2) is 6.96. The van der Waals surface area contributed by atoms with Crippen LogP contribution in [0.2, 0.25) is 0 Å². The summed E-state index contributed by atoms with van der Waals surface area (Å²) in [7, 11) is 0. The number of aromatic nitrogens is 2. The van der Waals surface area contributed by atoms with Crippen molar-refractivity contribution in [2.45, 2.75) is 6.92 Å². The minimum atomic E-state index is -0.508. The molecule has 0 aliphatic heterocycles. The van der Waals surface area contributed by atoms with Gasteiger partial charge in [0.05, 0.1) is 5.69 Å². The van der Waals surface area contributed by atoms with Gasteiger partial charge in [-0.05, 0) is 30.3 Å². The van der Waals surface area contributed by atoms with Crippen LogP contribution in [0, 0.1) is 5.82 Å². The number of nitrogens with one attached hydrogen (secondary N) is 2. The molecule has 25 heavy (non-hydrogen) atoms. The molecule has 2 amide bonds. The number of hydrogen-bond donors (Lipinski definition) is 2. The third kappa shape index (κ3) is 3.89. The Morgan fingerprint density at radius 3 is 2.44 bits per heavy atom. The van der Waals surface area contributed by atoms with Gasteiger partial charge in [-0.2, -0.15) is 5.10 Å². The van der Waals surface area contributed by atoms with E-state index >= 15 is 0 Å². The van der Waals surface area contributed by atoms with Crippen LogP contribution < -0.4 is 10.6 Å². The molecule has 0 aliphatic carbocycles. The summed E-state index contributed by atoms with van der Waals surface area (Å²) in [5.74, 6) is -0.879. The van der Waals surface area contributed by atoms with Crippen molar-refractivity contribution in [3.8, 4) is 5.69 Å². The smallest absolute Gasteiger partial charge is 0.276 e. The number of rotatable bonds is 4. The lowest BCUT2D eigenvalue weighted by Crippen LogP contribution is -2.13. The van der Waals surface area contributed by atoms with Gasteiger partial charge in [0.2, 0.25) is 5.91 Å². The molecule has 2 N–H and O–H groups in total. The van der Waals surface area contributed by atoms with Gasteiger partial charge in [-0.25, -0.2) is 9.07 Å². The van der Waals surface area contributed by atoms with Gasteiger partial charge in [0.1, 0.15) is 11.6 Å². The molecule has 1 heterocycles. The standard InChI is InChI=1S/C18H15FN4O2/c1-12(24)20-17-11-16(22-23(17)15-8-3-2-4-9-15)18(25)21-14-7-5-6-13(19)10-14/h2-11H,1H3,(H,20,24)(H,21,25). The average Bonchev–Trinajstić information content (AvgIpc) is 2.99. The first-order valence-corrected chi connectivity index (χ1v) is 7.53. The van der Waals surface area contributed by atoms with E-state index in [2.05, 4.69) is 15.7 Å². The van der Waals surface area contributed by atoms with Crippen molar-refractivity contribution in [1.82, 2.24) is 9.78 Å². The Balaban J connectivity index is 1.92. The minimum absolute atomic E-state index is 0.0943. The van der Waals surface area contributed by atoms with Gasteiger partial charge >= 0.3 is 0 Å². The Bertz CT molecular complexity index is 922. The maximum Gasteiger partial charge on any atom is 0.276 e. The van der Waals surface area contributed by atoms with E-state index in [9.17, 15) is 14.0 Å². The van der Waals surface area contributed by atoms with Crippen molar-refractivity contribution in [3.05, 3.63) is 72.2 Å². The number of benzene rings is 2. The average molecular weight is 338 g/mol. The largest absolute Gasteiger partial charge is 0.320 e. The molecule has 0 saturated heterocycles. The van der Waals surface area contributed by atoms with E-state index in [0.29, 0.717) is 17.2 Å². The van der Waals surface area contributed by atoms with Crippen LogP contribution in [0.1, 0.15) is 17.4 Å². The van der Waals surface area contributed by atoms with E-state index in [1.54, 1.807) is 18.2 Å². The maximum absolute atomic E-state index is 13.2. The van der Waals surface area contributed by atoms with Crippen molar-refractivity contribution in [3.63, 3.8) is 0 Å². The second-order valence-electron chi connectivity index (χ2n) is 5.31. The van der Waals surface area contributed by atoms with Gasteiger partial charge < -0.3 is 10.6 Å². The summed E-state index contributed by atoms with van der Waals surface area (Å²) in [4.78, 5) is 23.8.